The number of methoxy groups -OCH3 is 1. The van der Waals surface area contributed by atoms with Crippen molar-refractivity contribution in [3.63, 3.8) is 0 Å². The second-order valence-corrected chi connectivity index (χ2v) is 6.18. The summed E-state index contributed by atoms with van der Waals surface area (Å²) in [4.78, 5) is 14.5. The fourth-order valence-electron chi connectivity index (χ4n) is 2.89. The van der Waals surface area contributed by atoms with Crippen LogP contribution in [0.25, 0.3) is 0 Å². The Balaban J connectivity index is 2.00. The summed E-state index contributed by atoms with van der Waals surface area (Å²) in [6.07, 6.45) is 0.0581. The molecular weight excluding hydrogens is 306 g/mol. The molecule has 1 amide bonds. The Morgan fingerprint density at radius 3 is 2.58 bits per heavy atom. The summed E-state index contributed by atoms with van der Waals surface area (Å²) >= 11 is 0. The van der Waals surface area contributed by atoms with E-state index >= 15 is 0 Å². The van der Waals surface area contributed by atoms with Gasteiger partial charge in [-0.25, -0.2) is 0 Å². The van der Waals surface area contributed by atoms with Gasteiger partial charge in [0.05, 0.1) is 31.8 Å². The van der Waals surface area contributed by atoms with E-state index in [1.54, 1.807) is 7.11 Å². The molecule has 134 valence electrons. The number of nitrogens with one attached hydrogen (secondary N) is 1. The second kappa shape index (κ2) is 9.74. The Bertz CT molecular complexity index is 497. The van der Waals surface area contributed by atoms with Crippen LogP contribution in [0.15, 0.2) is 24.3 Å². The Morgan fingerprint density at radius 1 is 1.33 bits per heavy atom. The number of ether oxygens (including phenoxy) is 2. The highest BCUT2D eigenvalue weighted by Crippen LogP contribution is 2.21. The Hall–Kier alpha value is -1.47. The van der Waals surface area contributed by atoms with Crippen molar-refractivity contribution in [2.24, 2.45) is 5.73 Å². The van der Waals surface area contributed by atoms with E-state index in [1.807, 2.05) is 0 Å². The predicted octanol–water partition coefficient (Wildman–Crippen LogP) is 0.848. The number of morpholine rings is 1. The molecule has 1 aromatic carbocycles. The zero-order valence-corrected chi connectivity index (χ0v) is 14.7. The first-order chi connectivity index (χ1) is 11.6. The van der Waals surface area contributed by atoms with Gasteiger partial charge in [-0.05, 0) is 12.5 Å². The van der Waals surface area contributed by atoms with E-state index in [-0.39, 0.29) is 24.5 Å². The number of nitrogens with two attached hydrogens (primary N) is 1. The molecule has 0 bridgehead atoms. The fourth-order valence-corrected chi connectivity index (χ4v) is 2.89. The maximum Gasteiger partial charge on any atom is 0.222 e. The third-order valence-corrected chi connectivity index (χ3v) is 4.45. The van der Waals surface area contributed by atoms with Crippen LogP contribution in [0.2, 0.25) is 0 Å². The summed E-state index contributed by atoms with van der Waals surface area (Å²) in [5, 5.41) is 3.04. The maximum atomic E-state index is 12.2. The number of hydrogen-bond donors (Lipinski definition) is 2. The number of benzene rings is 1. The van der Waals surface area contributed by atoms with Crippen LogP contribution in [0.5, 0.6) is 0 Å². The molecule has 1 aromatic rings. The molecule has 0 spiro atoms. The monoisotopic (exact) mass is 335 g/mol. The van der Waals surface area contributed by atoms with E-state index < -0.39 is 0 Å². The van der Waals surface area contributed by atoms with Crippen LogP contribution >= 0.6 is 0 Å². The van der Waals surface area contributed by atoms with Crippen LogP contribution < -0.4 is 11.1 Å². The average molecular weight is 335 g/mol. The Labute approximate surface area is 144 Å². The smallest absolute Gasteiger partial charge is 0.222 e. The second-order valence-electron chi connectivity index (χ2n) is 6.18. The first-order valence-electron chi connectivity index (χ1n) is 8.52. The number of aryl methyl sites for hydroxylation is 1. The number of amides is 1. The van der Waals surface area contributed by atoms with Gasteiger partial charge in [0.15, 0.2) is 0 Å². The maximum absolute atomic E-state index is 12.2. The molecule has 1 saturated heterocycles. The van der Waals surface area contributed by atoms with Crippen LogP contribution in [-0.4, -0.2) is 63.4 Å². The minimum Gasteiger partial charge on any atom is -0.380 e. The van der Waals surface area contributed by atoms with Crippen LogP contribution in [0.1, 0.15) is 23.6 Å². The van der Waals surface area contributed by atoms with Crippen molar-refractivity contribution in [2.45, 2.75) is 25.5 Å². The van der Waals surface area contributed by atoms with Gasteiger partial charge in [0.25, 0.3) is 0 Å². The number of rotatable bonds is 8. The molecule has 0 aromatic heterocycles. The summed E-state index contributed by atoms with van der Waals surface area (Å²) in [6, 6.07) is 8.65. The highest BCUT2D eigenvalue weighted by atomic mass is 16.5. The van der Waals surface area contributed by atoms with Gasteiger partial charge < -0.3 is 20.5 Å². The summed E-state index contributed by atoms with van der Waals surface area (Å²) in [5.74, 6) is -0.0299. The lowest BCUT2D eigenvalue weighted by molar-refractivity contribution is -0.123. The highest BCUT2D eigenvalue weighted by Gasteiger charge is 2.23. The lowest BCUT2D eigenvalue weighted by Crippen LogP contribution is -2.44. The van der Waals surface area contributed by atoms with Gasteiger partial charge in [0.1, 0.15) is 0 Å². The first-order valence-corrected chi connectivity index (χ1v) is 8.52. The predicted molar refractivity (Wildman–Crippen MR) is 93.8 cm³/mol. The molecule has 6 heteroatoms. The summed E-state index contributed by atoms with van der Waals surface area (Å²) in [7, 11) is 1.58. The number of nitrogens with zero attached hydrogens (tertiary/aromatic N) is 1. The summed E-state index contributed by atoms with van der Waals surface area (Å²) in [6.45, 7) is 6.20. The quantitative estimate of drug-likeness (QED) is 0.736. The lowest BCUT2D eigenvalue weighted by Gasteiger charge is -2.35. The van der Waals surface area contributed by atoms with Crippen molar-refractivity contribution in [1.82, 2.24) is 10.2 Å². The van der Waals surface area contributed by atoms with E-state index in [2.05, 4.69) is 41.4 Å². The molecule has 1 aliphatic rings. The first kappa shape index (κ1) is 18.9. The molecule has 24 heavy (non-hydrogen) atoms. The molecule has 1 heterocycles. The lowest BCUT2D eigenvalue weighted by atomic mass is 10.0. The third-order valence-electron chi connectivity index (χ3n) is 4.45. The van der Waals surface area contributed by atoms with Gasteiger partial charge >= 0.3 is 0 Å². The standard InChI is InChI=1S/C18H29N3O3/c1-14-3-5-15(6-4-14)17(21-7-9-24-10-8-21)13-20-18(22)11-16(12-19)23-2/h3-6,16-17H,7-13,19H2,1-2H3,(H,20,22). The van der Waals surface area contributed by atoms with Crippen molar-refractivity contribution < 1.29 is 14.3 Å². The van der Waals surface area contributed by atoms with Crippen molar-refractivity contribution in [3.05, 3.63) is 35.4 Å². The molecule has 6 nitrogen and oxygen atoms in total. The van der Waals surface area contributed by atoms with Crippen LogP contribution in [-0.2, 0) is 14.3 Å². The molecule has 2 rings (SSSR count). The van der Waals surface area contributed by atoms with Gasteiger partial charge in [0, 0.05) is 33.3 Å². The van der Waals surface area contributed by atoms with Crippen molar-refractivity contribution >= 4 is 5.91 Å². The van der Waals surface area contributed by atoms with Gasteiger partial charge in [-0.3, -0.25) is 9.69 Å². The van der Waals surface area contributed by atoms with Crippen molar-refractivity contribution in [2.75, 3.05) is 46.5 Å². The SMILES string of the molecule is COC(CN)CC(=O)NCC(c1ccc(C)cc1)N1CCOCC1. The molecule has 3 N–H and O–H groups in total. The highest BCUT2D eigenvalue weighted by molar-refractivity contribution is 5.76. The Morgan fingerprint density at radius 2 is 2.00 bits per heavy atom. The number of carbonyl (C=O) groups is 1. The van der Waals surface area contributed by atoms with Crippen molar-refractivity contribution in [1.29, 1.82) is 0 Å². The average Bonchev–Trinajstić information content (AvgIpc) is 2.62. The van der Waals surface area contributed by atoms with E-state index in [0.717, 1.165) is 26.3 Å². The van der Waals surface area contributed by atoms with Crippen LogP contribution in [0, 0.1) is 6.92 Å². The molecule has 2 unspecified atom stereocenters. The van der Waals surface area contributed by atoms with Crippen LogP contribution in [0.3, 0.4) is 0 Å². The minimum atomic E-state index is -0.230. The zero-order chi connectivity index (χ0) is 17.4. The summed E-state index contributed by atoms with van der Waals surface area (Å²) in [5.41, 5.74) is 8.03. The van der Waals surface area contributed by atoms with E-state index in [9.17, 15) is 4.79 Å². The zero-order valence-electron chi connectivity index (χ0n) is 14.7. The number of hydrogen-bond acceptors (Lipinski definition) is 5. The van der Waals surface area contributed by atoms with E-state index in [0.29, 0.717) is 13.1 Å². The minimum absolute atomic E-state index is 0.0299. The fraction of sp³-hybridized carbons (Fsp3) is 0.611. The molecule has 1 fully saturated rings. The topological polar surface area (TPSA) is 76.8 Å². The largest absolute Gasteiger partial charge is 0.380 e. The molecule has 1 aliphatic heterocycles. The van der Waals surface area contributed by atoms with Gasteiger partial charge in [-0.15, -0.1) is 0 Å². The van der Waals surface area contributed by atoms with Gasteiger partial charge in [-0.2, -0.15) is 0 Å². The Kier molecular flexibility index (Phi) is 7.65. The molecule has 0 aliphatic carbocycles. The van der Waals surface area contributed by atoms with Gasteiger partial charge in [-0.1, -0.05) is 29.8 Å². The normalized spacial score (nSPS) is 18.1. The van der Waals surface area contributed by atoms with E-state index in [4.69, 9.17) is 15.2 Å². The molecule has 0 radical (unpaired) electrons. The summed E-state index contributed by atoms with van der Waals surface area (Å²) < 4.78 is 10.6. The van der Waals surface area contributed by atoms with Crippen molar-refractivity contribution in [3.8, 4) is 0 Å². The van der Waals surface area contributed by atoms with E-state index in [1.165, 1.54) is 11.1 Å². The molecular formula is C18H29N3O3. The van der Waals surface area contributed by atoms with Gasteiger partial charge in [0.2, 0.25) is 5.91 Å². The molecule has 0 saturated carbocycles. The molecule has 2 atom stereocenters. The van der Waals surface area contributed by atoms with Crippen LogP contribution in [0.4, 0.5) is 0 Å². The number of carbonyl (C=O) groups excluding carboxylic acids is 1. The third kappa shape index (κ3) is 5.56.